The van der Waals surface area contributed by atoms with Crippen LogP contribution in [-0.2, 0) is 4.79 Å². The zero-order chi connectivity index (χ0) is 13.7. The van der Waals surface area contributed by atoms with E-state index >= 15 is 0 Å². The molecule has 0 aromatic rings. The van der Waals surface area contributed by atoms with Gasteiger partial charge in [-0.15, -0.1) is 0 Å². The van der Waals surface area contributed by atoms with Crippen molar-refractivity contribution in [1.29, 1.82) is 5.26 Å². The number of carbonyl (C=O) groups is 1. The Bertz CT molecular complexity index is 355. The van der Waals surface area contributed by atoms with Crippen LogP contribution in [0.1, 0.15) is 44.9 Å². The van der Waals surface area contributed by atoms with Gasteiger partial charge in [0, 0.05) is 19.1 Å². The van der Waals surface area contributed by atoms with Crippen molar-refractivity contribution in [1.82, 2.24) is 10.2 Å². The van der Waals surface area contributed by atoms with Crippen molar-refractivity contribution in [2.45, 2.75) is 56.5 Å². The minimum atomic E-state index is -0.630. The smallest absolute Gasteiger partial charge is 0.235 e. The average molecular weight is 264 g/mol. The summed E-state index contributed by atoms with van der Waals surface area (Å²) in [7, 11) is 0. The zero-order valence-corrected chi connectivity index (χ0v) is 11.5. The molecule has 3 N–H and O–H groups in total. The second kappa shape index (κ2) is 6.36. The van der Waals surface area contributed by atoms with E-state index in [1.54, 1.807) is 0 Å². The summed E-state index contributed by atoms with van der Waals surface area (Å²) in [5.74, 6) is -0.0300. The number of nitriles is 1. The molecule has 2 aliphatic rings. The first-order valence-electron chi connectivity index (χ1n) is 7.34. The number of nitrogens with two attached hydrogens (primary N) is 1. The van der Waals surface area contributed by atoms with Gasteiger partial charge in [-0.25, -0.2) is 0 Å². The molecular formula is C14H24N4O. The molecule has 0 unspecified atom stereocenters. The fourth-order valence-electron chi connectivity index (χ4n) is 3.11. The molecular weight excluding hydrogens is 240 g/mol. The summed E-state index contributed by atoms with van der Waals surface area (Å²) in [6, 6.07) is 2.54. The van der Waals surface area contributed by atoms with E-state index in [-0.39, 0.29) is 11.9 Å². The average Bonchev–Trinajstić information content (AvgIpc) is 2.65. The predicted molar refractivity (Wildman–Crippen MR) is 73.2 cm³/mol. The van der Waals surface area contributed by atoms with Crippen molar-refractivity contribution in [3.63, 3.8) is 0 Å². The second-order valence-electron chi connectivity index (χ2n) is 5.94. The first-order chi connectivity index (χ1) is 9.13. The van der Waals surface area contributed by atoms with Crippen LogP contribution < -0.4 is 11.1 Å². The summed E-state index contributed by atoms with van der Waals surface area (Å²) in [5.41, 5.74) is 5.20. The van der Waals surface area contributed by atoms with Crippen molar-refractivity contribution < 1.29 is 4.79 Å². The monoisotopic (exact) mass is 264 g/mol. The maximum atomic E-state index is 12.1. The molecule has 0 aromatic carbocycles. The van der Waals surface area contributed by atoms with Crippen LogP contribution in [0.2, 0.25) is 0 Å². The third-order valence-corrected chi connectivity index (χ3v) is 4.23. The fourth-order valence-corrected chi connectivity index (χ4v) is 3.11. The number of likely N-dealkylation sites (tertiary alicyclic amines) is 1. The summed E-state index contributed by atoms with van der Waals surface area (Å²) in [5, 5.41) is 12.4. The highest BCUT2D eigenvalue weighted by molar-refractivity contribution is 5.79. The van der Waals surface area contributed by atoms with E-state index in [0.717, 1.165) is 45.2 Å². The van der Waals surface area contributed by atoms with Gasteiger partial charge in [-0.3, -0.25) is 9.69 Å². The van der Waals surface area contributed by atoms with Gasteiger partial charge in [0.2, 0.25) is 5.91 Å². The van der Waals surface area contributed by atoms with Gasteiger partial charge in [0.1, 0.15) is 5.54 Å². The topological polar surface area (TPSA) is 82.2 Å². The van der Waals surface area contributed by atoms with Crippen LogP contribution in [0.5, 0.6) is 0 Å². The minimum Gasteiger partial charge on any atom is -0.337 e. The normalized spacial score (nSPS) is 27.5. The number of rotatable bonds is 3. The first kappa shape index (κ1) is 14.3. The molecule has 2 fully saturated rings. The molecule has 0 bridgehead atoms. The number of hydrogen-bond acceptors (Lipinski definition) is 4. The van der Waals surface area contributed by atoms with Crippen molar-refractivity contribution in [2.24, 2.45) is 5.73 Å². The maximum absolute atomic E-state index is 12.1. The van der Waals surface area contributed by atoms with Crippen LogP contribution in [0, 0.1) is 11.3 Å². The van der Waals surface area contributed by atoms with E-state index in [1.807, 2.05) is 0 Å². The molecule has 19 heavy (non-hydrogen) atoms. The number of nitrogens with one attached hydrogen (secondary N) is 1. The number of carbonyl (C=O) groups excluding carboxylic acids is 1. The minimum absolute atomic E-state index is 0.0300. The van der Waals surface area contributed by atoms with Crippen LogP contribution >= 0.6 is 0 Å². The molecule has 0 spiro atoms. The number of nitrogens with zero attached hydrogens (tertiary/aromatic N) is 2. The van der Waals surface area contributed by atoms with Crippen LogP contribution in [-0.4, -0.2) is 42.0 Å². The highest BCUT2D eigenvalue weighted by Gasteiger charge is 2.33. The Morgan fingerprint density at radius 1 is 1.37 bits per heavy atom. The Kier molecular flexibility index (Phi) is 4.78. The predicted octanol–water partition coefficient (Wildman–Crippen LogP) is 0.752. The summed E-state index contributed by atoms with van der Waals surface area (Å²) < 4.78 is 0. The zero-order valence-electron chi connectivity index (χ0n) is 11.5. The molecule has 1 heterocycles. The molecule has 106 valence electrons. The van der Waals surface area contributed by atoms with E-state index < -0.39 is 5.54 Å². The van der Waals surface area contributed by atoms with Gasteiger partial charge in [-0.05, 0) is 19.3 Å². The summed E-state index contributed by atoms with van der Waals surface area (Å²) in [6.07, 6.45) is 6.92. The van der Waals surface area contributed by atoms with Crippen molar-refractivity contribution in [3.05, 3.63) is 0 Å². The Hall–Kier alpha value is -1.12. The number of amides is 1. The Morgan fingerprint density at radius 2 is 2.05 bits per heavy atom. The van der Waals surface area contributed by atoms with Gasteiger partial charge in [0.15, 0.2) is 0 Å². The first-order valence-corrected chi connectivity index (χ1v) is 7.34. The molecule has 1 amide bonds. The molecule has 5 heteroatoms. The van der Waals surface area contributed by atoms with E-state index in [1.165, 1.54) is 12.8 Å². The SMILES string of the molecule is N#CC1(NC(=O)CN2CC[C@@H](N)C2)CCCCCC1. The number of hydrogen-bond donors (Lipinski definition) is 2. The Balaban J connectivity index is 1.87. The summed E-state index contributed by atoms with van der Waals surface area (Å²) in [6.45, 7) is 2.04. The maximum Gasteiger partial charge on any atom is 0.235 e. The lowest BCUT2D eigenvalue weighted by atomic mass is 9.92. The van der Waals surface area contributed by atoms with Gasteiger partial charge in [-0.1, -0.05) is 25.7 Å². The molecule has 2 rings (SSSR count). The third-order valence-electron chi connectivity index (χ3n) is 4.23. The van der Waals surface area contributed by atoms with Gasteiger partial charge >= 0.3 is 0 Å². The standard InChI is InChI=1S/C14H24N4O/c15-11-14(6-3-1-2-4-7-14)17-13(19)10-18-8-5-12(16)9-18/h12H,1-10,16H2,(H,17,19)/t12-/m1/s1. The van der Waals surface area contributed by atoms with E-state index in [4.69, 9.17) is 5.73 Å². The second-order valence-corrected chi connectivity index (χ2v) is 5.94. The van der Waals surface area contributed by atoms with Gasteiger partial charge < -0.3 is 11.1 Å². The van der Waals surface area contributed by atoms with Crippen LogP contribution in [0.15, 0.2) is 0 Å². The van der Waals surface area contributed by atoms with Gasteiger partial charge in [0.05, 0.1) is 12.6 Å². The van der Waals surface area contributed by atoms with Crippen LogP contribution in [0.4, 0.5) is 0 Å². The van der Waals surface area contributed by atoms with E-state index in [2.05, 4.69) is 16.3 Å². The summed E-state index contributed by atoms with van der Waals surface area (Å²) >= 11 is 0. The Labute approximate surface area is 115 Å². The van der Waals surface area contributed by atoms with Crippen molar-refractivity contribution >= 4 is 5.91 Å². The van der Waals surface area contributed by atoms with Crippen LogP contribution in [0.3, 0.4) is 0 Å². The molecule has 0 radical (unpaired) electrons. The molecule has 0 aromatic heterocycles. The fraction of sp³-hybridized carbons (Fsp3) is 0.857. The van der Waals surface area contributed by atoms with Crippen molar-refractivity contribution in [3.8, 4) is 6.07 Å². The largest absolute Gasteiger partial charge is 0.337 e. The van der Waals surface area contributed by atoms with Crippen molar-refractivity contribution in [2.75, 3.05) is 19.6 Å². The summed E-state index contributed by atoms with van der Waals surface area (Å²) in [4.78, 5) is 14.2. The molecule has 1 atom stereocenters. The molecule has 1 aliphatic carbocycles. The lowest BCUT2D eigenvalue weighted by molar-refractivity contribution is -0.123. The van der Waals surface area contributed by atoms with Crippen LogP contribution in [0.25, 0.3) is 0 Å². The molecule has 1 saturated heterocycles. The third kappa shape index (κ3) is 3.92. The van der Waals surface area contributed by atoms with E-state index in [0.29, 0.717) is 6.54 Å². The van der Waals surface area contributed by atoms with Gasteiger partial charge in [0.25, 0.3) is 0 Å². The van der Waals surface area contributed by atoms with E-state index in [9.17, 15) is 10.1 Å². The molecule has 5 nitrogen and oxygen atoms in total. The highest BCUT2D eigenvalue weighted by Crippen LogP contribution is 2.26. The quantitative estimate of drug-likeness (QED) is 0.737. The lowest BCUT2D eigenvalue weighted by Crippen LogP contribution is -2.50. The lowest BCUT2D eigenvalue weighted by Gasteiger charge is -2.27. The Morgan fingerprint density at radius 3 is 2.58 bits per heavy atom. The van der Waals surface area contributed by atoms with Gasteiger partial charge in [-0.2, -0.15) is 5.26 Å². The molecule has 1 saturated carbocycles. The molecule has 1 aliphatic heterocycles. The highest BCUT2D eigenvalue weighted by atomic mass is 16.2.